The lowest BCUT2D eigenvalue weighted by Gasteiger charge is -1.92. The van der Waals surface area contributed by atoms with E-state index in [9.17, 15) is 0 Å². The molecule has 0 saturated heterocycles. The second kappa shape index (κ2) is 3.33. The van der Waals surface area contributed by atoms with Gasteiger partial charge in [-0.2, -0.15) is 22.7 Å². The van der Waals surface area contributed by atoms with Crippen LogP contribution in [0.2, 0.25) is 0 Å². The Morgan fingerprint density at radius 3 is 1.61 bits per heavy atom. The number of fused-ring (bicyclic) bond motifs is 6. The Hall–Kier alpha value is -0.940. The molecule has 0 fully saturated rings. The van der Waals surface area contributed by atoms with Gasteiger partial charge in [0.2, 0.25) is 0 Å². The smallest absolute Gasteiger partial charge is 0.0462 e. The van der Waals surface area contributed by atoms with Gasteiger partial charge in [-0.05, 0) is 12.1 Å². The Kier molecular flexibility index (Phi) is 1.84. The van der Waals surface area contributed by atoms with Crippen molar-refractivity contribution in [3.63, 3.8) is 0 Å². The molecule has 18 heavy (non-hydrogen) atoms. The van der Waals surface area contributed by atoms with Gasteiger partial charge in [0.05, 0.1) is 0 Å². The molecule has 0 nitrogen and oxygen atoms in total. The molecular formula is C14H6S4. The van der Waals surface area contributed by atoms with Gasteiger partial charge in [0.15, 0.2) is 0 Å². The van der Waals surface area contributed by atoms with Crippen LogP contribution >= 0.6 is 45.3 Å². The summed E-state index contributed by atoms with van der Waals surface area (Å²) in [7, 11) is 0. The molecule has 1 aromatic carbocycles. The minimum absolute atomic E-state index is 1.42. The average molecular weight is 302 g/mol. The average Bonchev–Trinajstić information content (AvgIpc) is 3.04. The van der Waals surface area contributed by atoms with Gasteiger partial charge in [0.1, 0.15) is 0 Å². The van der Waals surface area contributed by atoms with Crippen molar-refractivity contribution in [2.75, 3.05) is 0 Å². The molecule has 0 aliphatic rings. The second-order valence-corrected chi connectivity index (χ2v) is 8.00. The minimum atomic E-state index is 1.42. The van der Waals surface area contributed by atoms with Gasteiger partial charge in [-0.1, -0.05) is 0 Å². The lowest BCUT2D eigenvalue weighted by molar-refractivity contribution is 2.12. The van der Waals surface area contributed by atoms with Gasteiger partial charge in [-0.15, -0.1) is 22.7 Å². The molecular weight excluding hydrogens is 296 g/mol. The van der Waals surface area contributed by atoms with Crippen molar-refractivity contribution in [3.05, 3.63) is 33.7 Å². The lowest BCUT2D eigenvalue weighted by Crippen LogP contribution is -1.65. The molecule has 4 heteroatoms. The summed E-state index contributed by atoms with van der Waals surface area (Å²) in [4.78, 5) is 0. The Bertz CT molecular complexity index is 941. The molecule has 0 aliphatic heterocycles. The summed E-state index contributed by atoms with van der Waals surface area (Å²) in [6.07, 6.45) is 0. The van der Waals surface area contributed by atoms with E-state index in [4.69, 9.17) is 0 Å². The fourth-order valence-corrected chi connectivity index (χ4v) is 6.81. The molecule has 4 aromatic heterocycles. The first kappa shape index (κ1) is 9.92. The van der Waals surface area contributed by atoms with Gasteiger partial charge in [0, 0.05) is 61.9 Å². The lowest BCUT2D eigenvalue weighted by atomic mass is 10.1. The summed E-state index contributed by atoms with van der Waals surface area (Å²) in [5, 5.41) is 14.8. The quantitative estimate of drug-likeness (QED) is 0.304. The summed E-state index contributed by atoms with van der Waals surface area (Å²) in [5.41, 5.74) is 0. The van der Waals surface area contributed by atoms with E-state index in [-0.39, 0.29) is 0 Å². The van der Waals surface area contributed by atoms with Crippen molar-refractivity contribution < 1.29 is 0 Å². The maximum absolute atomic E-state index is 2.39. The molecule has 86 valence electrons. The van der Waals surface area contributed by atoms with E-state index in [1.807, 2.05) is 22.7 Å². The van der Waals surface area contributed by atoms with E-state index in [1.165, 1.54) is 40.3 Å². The highest BCUT2D eigenvalue weighted by molar-refractivity contribution is 7.30. The summed E-state index contributed by atoms with van der Waals surface area (Å²) in [5.74, 6) is 0. The van der Waals surface area contributed by atoms with Gasteiger partial charge < -0.3 is 0 Å². The maximum atomic E-state index is 2.39. The summed E-state index contributed by atoms with van der Waals surface area (Å²) < 4.78 is 5.70. The van der Waals surface area contributed by atoms with Crippen LogP contribution < -0.4 is 0 Å². The predicted molar refractivity (Wildman–Crippen MR) is 88.0 cm³/mol. The van der Waals surface area contributed by atoms with Crippen LogP contribution in [0, 0.1) is 0 Å². The van der Waals surface area contributed by atoms with E-state index in [0.717, 1.165) is 0 Å². The third-order valence-corrected chi connectivity index (χ3v) is 7.37. The fraction of sp³-hybridized carbons (Fsp3) is 0. The van der Waals surface area contributed by atoms with E-state index in [2.05, 4.69) is 33.7 Å². The van der Waals surface area contributed by atoms with Crippen molar-refractivity contribution in [2.45, 2.75) is 0 Å². The predicted octanol–water partition coefficient (Wildman–Crippen LogP) is 6.55. The molecule has 5 rings (SSSR count). The molecule has 0 saturated carbocycles. The van der Waals surface area contributed by atoms with E-state index in [0.29, 0.717) is 0 Å². The highest BCUT2D eigenvalue weighted by atomic mass is 32.1. The minimum Gasteiger partial charge on any atom is -0.150 e. The number of hydrogen-bond donors (Lipinski definition) is 0. The first-order valence-corrected chi connectivity index (χ1v) is 9.09. The Labute approximate surface area is 119 Å². The van der Waals surface area contributed by atoms with Crippen LogP contribution in [0.15, 0.2) is 33.7 Å². The number of rotatable bonds is 0. The molecule has 0 amide bonds. The van der Waals surface area contributed by atoms with Crippen molar-refractivity contribution >= 4 is 85.7 Å². The Morgan fingerprint density at radius 1 is 0.500 bits per heavy atom. The number of benzene rings is 1. The van der Waals surface area contributed by atoms with Crippen LogP contribution in [0.3, 0.4) is 0 Å². The molecule has 4 heterocycles. The maximum Gasteiger partial charge on any atom is 0.0462 e. The third-order valence-electron chi connectivity index (χ3n) is 3.35. The highest BCUT2D eigenvalue weighted by Gasteiger charge is 2.11. The third kappa shape index (κ3) is 1.14. The second-order valence-electron chi connectivity index (χ2n) is 4.35. The zero-order valence-electron chi connectivity index (χ0n) is 9.10. The fourth-order valence-electron chi connectivity index (χ4n) is 2.51. The van der Waals surface area contributed by atoms with Gasteiger partial charge in [0.25, 0.3) is 0 Å². The number of hydrogen-bond acceptors (Lipinski definition) is 4. The van der Waals surface area contributed by atoms with Gasteiger partial charge in [-0.3, -0.25) is 0 Å². The van der Waals surface area contributed by atoms with E-state index in [1.54, 1.807) is 22.7 Å². The molecule has 0 radical (unpaired) electrons. The SMILES string of the molecule is c1scc2c1sc1cc3sc4cscc4c3cc12. The first-order chi connectivity index (χ1) is 8.90. The van der Waals surface area contributed by atoms with Gasteiger partial charge in [-0.25, -0.2) is 0 Å². The van der Waals surface area contributed by atoms with Crippen LogP contribution in [-0.2, 0) is 0 Å². The van der Waals surface area contributed by atoms with Gasteiger partial charge >= 0.3 is 0 Å². The zero-order valence-corrected chi connectivity index (χ0v) is 12.4. The molecule has 0 atom stereocenters. The molecule has 0 aliphatic carbocycles. The van der Waals surface area contributed by atoms with Crippen molar-refractivity contribution in [1.82, 2.24) is 0 Å². The normalized spacial score (nSPS) is 12.4. The van der Waals surface area contributed by atoms with Crippen molar-refractivity contribution in [2.24, 2.45) is 0 Å². The highest BCUT2D eigenvalue weighted by Crippen LogP contribution is 2.43. The largest absolute Gasteiger partial charge is 0.150 e. The Morgan fingerprint density at radius 2 is 1.06 bits per heavy atom. The standard InChI is InChI=1S/C14H6S4/c1-7-9-3-15-5-13(9)17-11(7)2-12-8(1)10-4-16-6-14(10)18-12/h1-6H. The monoisotopic (exact) mass is 302 g/mol. The summed E-state index contributed by atoms with van der Waals surface area (Å²) in [6, 6.07) is 4.76. The number of thiophene rings is 4. The molecule has 5 aromatic rings. The molecule has 0 spiro atoms. The topological polar surface area (TPSA) is 0 Å². The summed E-state index contributed by atoms with van der Waals surface area (Å²) >= 11 is 7.44. The van der Waals surface area contributed by atoms with Crippen LogP contribution in [0.4, 0.5) is 0 Å². The van der Waals surface area contributed by atoms with Crippen LogP contribution in [0.25, 0.3) is 40.3 Å². The van der Waals surface area contributed by atoms with Crippen LogP contribution in [0.5, 0.6) is 0 Å². The van der Waals surface area contributed by atoms with Crippen LogP contribution in [-0.4, -0.2) is 0 Å². The Balaban J connectivity index is 2.11. The summed E-state index contributed by atoms with van der Waals surface area (Å²) in [6.45, 7) is 0. The van der Waals surface area contributed by atoms with Crippen LogP contribution in [0.1, 0.15) is 0 Å². The first-order valence-electron chi connectivity index (χ1n) is 5.57. The van der Waals surface area contributed by atoms with Crippen molar-refractivity contribution in [1.29, 1.82) is 0 Å². The van der Waals surface area contributed by atoms with E-state index < -0.39 is 0 Å². The molecule has 0 N–H and O–H groups in total. The zero-order chi connectivity index (χ0) is 11.7. The molecule has 0 bridgehead atoms. The molecule has 0 unspecified atom stereocenters. The van der Waals surface area contributed by atoms with Crippen molar-refractivity contribution in [3.8, 4) is 0 Å². The van der Waals surface area contributed by atoms with E-state index >= 15 is 0 Å².